The van der Waals surface area contributed by atoms with Crippen molar-refractivity contribution in [3.05, 3.63) is 28.2 Å². The number of halogens is 3. The van der Waals surface area contributed by atoms with E-state index in [0.717, 1.165) is 31.4 Å². The SMILES string of the molecule is CC(C)(C#N)CCCCNc1cc(F)c(Br)cc1F. The monoisotopic (exact) mass is 330 g/mol. The Hall–Kier alpha value is -1.15. The highest BCUT2D eigenvalue weighted by atomic mass is 79.9. The number of hydrogen-bond donors (Lipinski definition) is 1. The zero-order valence-corrected chi connectivity index (χ0v) is 12.7. The highest BCUT2D eigenvalue weighted by molar-refractivity contribution is 9.10. The molecule has 5 heteroatoms. The third-order valence-electron chi connectivity index (χ3n) is 2.86. The molecule has 1 aromatic rings. The summed E-state index contributed by atoms with van der Waals surface area (Å²) in [5.74, 6) is -0.972. The second kappa shape index (κ2) is 6.85. The molecule has 0 amide bonds. The summed E-state index contributed by atoms with van der Waals surface area (Å²) >= 11 is 2.93. The Labute approximate surface area is 120 Å². The van der Waals surface area contributed by atoms with E-state index in [1.807, 2.05) is 13.8 Å². The molecule has 0 aliphatic rings. The Morgan fingerprint density at radius 3 is 2.58 bits per heavy atom. The molecule has 1 rings (SSSR count). The van der Waals surface area contributed by atoms with Gasteiger partial charge in [0.2, 0.25) is 0 Å². The lowest BCUT2D eigenvalue weighted by atomic mass is 9.89. The zero-order valence-electron chi connectivity index (χ0n) is 11.1. The number of unbranched alkanes of at least 4 members (excludes halogenated alkanes) is 1. The number of nitriles is 1. The van der Waals surface area contributed by atoms with E-state index in [9.17, 15) is 8.78 Å². The third-order valence-corrected chi connectivity index (χ3v) is 3.46. The fourth-order valence-electron chi connectivity index (χ4n) is 1.63. The van der Waals surface area contributed by atoms with Gasteiger partial charge in [-0.2, -0.15) is 5.26 Å². The Morgan fingerprint density at radius 2 is 1.95 bits per heavy atom. The standard InChI is InChI=1S/C14H17BrF2N2/c1-14(2,9-18)5-3-4-6-19-13-8-11(16)10(15)7-12(13)17/h7-8,19H,3-6H2,1-2H3. The van der Waals surface area contributed by atoms with Gasteiger partial charge >= 0.3 is 0 Å². The van der Waals surface area contributed by atoms with Gasteiger partial charge in [0.25, 0.3) is 0 Å². The zero-order chi connectivity index (χ0) is 14.5. The Bertz CT molecular complexity index is 481. The molecule has 0 fully saturated rings. The summed E-state index contributed by atoms with van der Waals surface area (Å²) in [7, 11) is 0. The number of nitrogens with one attached hydrogen (secondary N) is 1. The average molecular weight is 331 g/mol. The van der Waals surface area contributed by atoms with Crippen molar-refractivity contribution in [1.82, 2.24) is 0 Å². The van der Waals surface area contributed by atoms with Crippen molar-refractivity contribution in [1.29, 1.82) is 5.26 Å². The van der Waals surface area contributed by atoms with Gasteiger partial charge in [0.15, 0.2) is 0 Å². The molecular formula is C14H17BrF2N2. The Kier molecular flexibility index (Phi) is 5.74. The molecule has 1 N–H and O–H groups in total. The van der Waals surface area contributed by atoms with Crippen molar-refractivity contribution >= 4 is 21.6 Å². The van der Waals surface area contributed by atoms with E-state index in [1.54, 1.807) is 0 Å². The average Bonchev–Trinajstić information content (AvgIpc) is 2.35. The van der Waals surface area contributed by atoms with Gasteiger partial charge in [-0.15, -0.1) is 0 Å². The summed E-state index contributed by atoms with van der Waals surface area (Å²) in [5.41, 5.74) is -0.158. The summed E-state index contributed by atoms with van der Waals surface area (Å²) in [6, 6.07) is 4.48. The summed E-state index contributed by atoms with van der Waals surface area (Å²) < 4.78 is 26.8. The maximum absolute atomic E-state index is 13.5. The van der Waals surface area contributed by atoms with Crippen LogP contribution in [0.25, 0.3) is 0 Å². The fraction of sp³-hybridized carbons (Fsp3) is 0.500. The quantitative estimate of drug-likeness (QED) is 0.597. The molecule has 104 valence electrons. The van der Waals surface area contributed by atoms with Crippen LogP contribution in [0.15, 0.2) is 16.6 Å². The molecule has 0 spiro atoms. The molecule has 0 bridgehead atoms. The van der Waals surface area contributed by atoms with Crippen molar-refractivity contribution < 1.29 is 8.78 Å². The van der Waals surface area contributed by atoms with E-state index in [1.165, 1.54) is 0 Å². The highest BCUT2D eigenvalue weighted by Crippen LogP contribution is 2.24. The van der Waals surface area contributed by atoms with E-state index >= 15 is 0 Å². The summed E-state index contributed by atoms with van der Waals surface area (Å²) in [6.07, 6.45) is 2.47. The van der Waals surface area contributed by atoms with Crippen molar-refractivity contribution in [3.63, 3.8) is 0 Å². The van der Waals surface area contributed by atoms with Gasteiger partial charge in [0.05, 0.1) is 21.6 Å². The van der Waals surface area contributed by atoms with Crippen LogP contribution in [0.4, 0.5) is 14.5 Å². The van der Waals surface area contributed by atoms with Crippen LogP contribution in [0.1, 0.15) is 33.1 Å². The maximum atomic E-state index is 13.5. The Morgan fingerprint density at radius 1 is 1.26 bits per heavy atom. The van der Waals surface area contributed by atoms with Gasteiger partial charge in [0, 0.05) is 12.6 Å². The lowest BCUT2D eigenvalue weighted by Crippen LogP contribution is -2.09. The van der Waals surface area contributed by atoms with Gasteiger partial charge in [-0.05, 0) is 48.7 Å². The molecule has 0 saturated heterocycles. The highest BCUT2D eigenvalue weighted by Gasteiger charge is 2.15. The first kappa shape index (κ1) is 15.9. The smallest absolute Gasteiger partial charge is 0.147 e. The lowest BCUT2D eigenvalue weighted by molar-refractivity contribution is 0.430. The van der Waals surface area contributed by atoms with E-state index in [2.05, 4.69) is 27.3 Å². The predicted molar refractivity (Wildman–Crippen MR) is 75.8 cm³/mol. The summed E-state index contributed by atoms with van der Waals surface area (Å²) in [5, 5.41) is 11.7. The largest absolute Gasteiger partial charge is 0.383 e. The van der Waals surface area contributed by atoms with Crippen LogP contribution in [-0.2, 0) is 0 Å². The normalized spacial score (nSPS) is 11.2. The van der Waals surface area contributed by atoms with E-state index in [0.29, 0.717) is 6.54 Å². The van der Waals surface area contributed by atoms with Crippen LogP contribution in [-0.4, -0.2) is 6.54 Å². The molecule has 0 aromatic heterocycles. The minimum atomic E-state index is -0.491. The first-order valence-electron chi connectivity index (χ1n) is 6.15. The van der Waals surface area contributed by atoms with E-state index in [-0.39, 0.29) is 15.6 Å². The van der Waals surface area contributed by atoms with Crippen molar-refractivity contribution in [2.45, 2.75) is 33.1 Å². The molecule has 19 heavy (non-hydrogen) atoms. The minimum Gasteiger partial charge on any atom is -0.383 e. The van der Waals surface area contributed by atoms with Gasteiger partial charge in [-0.3, -0.25) is 0 Å². The van der Waals surface area contributed by atoms with Gasteiger partial charge in [-0.1, -0.05) is 6.42 Å². The topological polar surface area (TPSA) is 35.8 Å². The van der Waals surface area contributed by atoms with Crippen LogP contribution in [0.5, 0.6) is 0 Å². The fourth-order valence-corrected chi connectivity index (χ4v) is 1.94. The van der Waals surface area contributed by atoms with Crippen LogP contribution in [0, 0.1) is 28.4 Å². The van der Waals surface area contributed by atoms with Crippen molar-refractivity contribution in [3.8, 4) is 6.07 Å². The molecule has 0 unspecified atom stereocenters. The number of nitrogens with zero attached hydrogens (tertiary/aromatic N) is 1. The molecule has 0 heterocycles. The molecule has 0 radical (unpaired) electrons. The predicted octanol–water partition coefficient (Wildman–Crippen LogP) is 4.86. The summed E-state index contributed by atoms with van der Waals surface area (Å²) in [4.78, 5) is 0. The molecule has 0 atom stereocenters. The van der Waals surface area contributed by atoms with Crippen LogP contribution < -0.4 is 5.32 Å². The van der Waals surface area contributed by atoms with Crippen molar-refractivity contribution in [2.75, 3.05) is 11.9 Å². The first-order valence-corrected chi connectivity index (χ1v) is 6.95. The molecule has 2 nitrogen and oxygen atoms in total. The van der Waals surface area contributed by atoms with E-state index < -0.39 is 11.6 Å². The van der Waals surface area contributed by atoms with Gasteiger partial charge < -0.3 is 5.32 Å². The van der Waals surface area contributed by atoms with E-state index in [4.69, 9.17) is 5.26 Å². The number of hydrogen-bond acceptors (Lipinski definition) is 2. The minimum absolute atomic E-state index is 0.117. The maximum Gasteiger partial charge on any atom is 0.147 e. The molecule has 1 aromatic carbocycles. The Balaban J connectivity index is 2.39. The first-order chi connectivity index (χ1) is 8.85. The van der Waals surface area contributed by atoms with Crippen LogP contribution in [0.2, 0.25) is 0 Å². The lowest BCUT2D eigenvalue weighted by Gasteiger charge is -2.14. The van der Waals surface area contributed by atoms with Crippen LogP contribution >= 0.6 is 15.9 Å². The number of rotatable bonds is 6. The van der Waals surface area contributed by atoms with Crippen molar-refractivity contribution in [2.24, 2.45) is 5.41 Å². The molecule has 0 aliphatic carbocycles. The molecule has 0 saturated carbocycles. The van der Waals surface area contributed by atoms with Gasteiger partial charge in [-0.25, -0.2) is 8.78 Å². The summed E-state index contributed by atoms with van der Waals surface area (Å²) in [6.45, 7) is 4.34. The third kappa shape index (κ3) is 5.15. The van der Waals surface area contributed by atoms with Crippen LogP contribution in [0.3, 0.4) is 0 Å². The number of benzene rings is 1. The molecule has 0 aliphatic heterocycles. The molecular weight excluding hydrogens is 314 g/mol. The number of anilines is 1. The van der Waals surface area contributed by atoms with Gasteiger partial charge in [0.1, 0.15) is 11.6 Å². The second-order valence-corrected chi connectivity index (χ2v) is 5.98. The second-order valence-electron chi connectivity index (χ2n) is 5.13.